The molecule has 0 saturated carbocycles. The minimum Gasteiger partial charge on any atom is -0.508 e. The smallest absolute Gasteiger partial charge is 0.294 e. The van der Waals surface area contributed by atoms with Gasteiger partial charge in [0.05, 0.1) is 4.90 Å². The molecule has 0 radical (unpaired) electrons. The molecule has 0 heterocycles. The summed E-state index contributed by atoms with van der Waals surface area (Å²) in [6, 6.07) is 10.7. The van der Waals surface area contributed by atoms with Crippen LogP contribution in [-0.4, -0.2) is 18.1 Å². The number of hydrogen-bond donors (Lipinski definition) is 2. The minimum absolute atomic E-state index is 0.177. The first kappa shape index (κ1) is 26.2. The van der Waals surface area contributed by atoms with E-state index in [-0.39, 0.29) is 16.4 Å². The van der Waals surface area contributed by atoms with Crippen molar-refractivity contribution in [3.63, 3.8) is 0 Å². The Balaban J connectivity index is 1.66. The number of aryl methyl sites for hydroxylation is 1. The summed E-state index contributed by atoms with van der Waals surface area (Å²) in [4.78, 5) is -0.234. The second-order valence-electron chi connectivity index (χ2n) is 8.48. The van der Waals surface area contributed by atoms with Crippen LogP contribution in [0.4, 0.5) is 0 Å². The van der Waals surface area contributed by atoms with Crippen molar-refractivity contribution in [2.24, 2.45) is 0 Å². The summed E-state index contributed by atoms with van der Waals surface area (Å²) in [7, 11) is -4.29. The number of ether oxygens (including phenoxy) is 1. The van der Waals surface area contributed by atoms with Crippen molar-refractivity contribution in [2.75, 3.05) is 0 Å². The van der Waals surface area contributed by atoms with Crippen LogP contribution in [0.5, 0.6) is 17.2 Å². The first-order chi connectivity index (χ1) is 15.4. The minimum atomic E-state index is -4.29. The zero-order chi connectivity index (χ0) is 23.2. The van der Waals surface area contributed by atoms with Crippen molar-refractivity contribution in [3.8, 4) is 17.2 Å². The quantitative estimate of drug-likeness (QED) is 0.197. The normalized spacial score (nSPS) is 11.6. The molecule has 2 rings (SSSR count). The highest BCUT2D eigenvalue weighted by Crippen LogP contribution is 2.29. The number of phenols is 1. The first-order valence-electron chi connectivity index (χ1n) is 12.0. The molecule has 6 heteroatoms. The van der Waals surface area contributed by atoms with Crippen molar-refractivity contribution < 1.29 is 22.8 Å². The van der Waals surface area contributed by atoms with Crippen molar-refractivity contribution >= 4 is 10.1 Å². The van der Waals surface area contributed by atoms with Gasteiger partial charge in [0.2, 0.25) is 0 Å². The Bertz CT molecular complexity index is 908. The zero-order valence-corrected chi connectivity index (χ0v) is 20.1. The van der Waals surface area contributed by atoms with Crippen LogP contribution in [0.3, 0.4) is 0 Å². The number of phenolic OH excluding ortho intramolecular Hbond substituents is 1. The number of unbranched alkanes of at least 4 members (excludes halogenated alkanes) is 11. The SMILES string of the molecule is CCCCCCCCCCCCCCc1ccc(Oc2cccc(S(=O)(=O)O)c2)cc1O. The average molecular weight is 463 g/mol. The van der Waals surface area contributed by atoms with Gasteiger partial charge in [-0.15, -0.1) is 0 Å². The summed E-state index contributed by atoms with van der Waals surface area (Å²) in [6.07, 6.45) is 16.4. The Hall–Kier alpha value is -2.05. The molecule has 5 nitrogen and oxygen atoms in total. The fraction of sp³-hybridized carbons (Fsp3) is 0.538. The Morgan fingerprint density at radius 3 is 1.88 bits per heavy atom. The van der Waals surface area contributed by atoms with Crippen molar-refractivity contribution in [2.45, 2.75) is 95.3 Å². The van der Waals surface area contributed by atoms with Crippen LogP contribution in [0.2, 0.25) is 0 Å². The lowest BCUT2D eigenvalue weighted by atomic mass is 10.0. The predicted molar refractivity (Wildman–Crippen MR) is 129 cm³/mol. The van der Waals surface area contributed by atoms with Gasteiger partial charge in [0, 0.05) is 12.1 Å². The molecule has 0 fully saturated rings. The lowest BCUT2D eigenvalue weighted by Crippen LogP contribution is -1.98. The number of aromatic hydroxyl groups is 1. The van der Waals surface area contributed by atoms with E-state index in [4.69, 9.17) is 9.29 Å². The molecular formula is C26H38O5S. The van der Waals surface area contributed by atoms with E-state index in [2.05, 4.69) is 6.92 Å². The molecule has 0 unspecified atom stereocenters. The molecule has 2 N–H and O–H groups in total. The third kappa shape index (κ3) is 10.0. The summed E-state index contributed by atoms with van der Waals surface area (Å²) in [5, 5.41) is 10.3. The van der Waals surface area contributed by atoms with Gasteiger partial charge in [-0.05, 0) is 36.6 Å². The Labute approximate surface area is 193 Å². The molecule has 32 heavy (non-hydrogen) atoms. The van der Waals surface area contributed by atoms with Crippen LogP contribution >= 0.6 is 0 Å². The molecule has 0 aliphatic rings. The molecule has 0 bridgehead atoms. The highest BCUT2D eigenvalue weighted by Gasteiger charge is 2.11. The van der Waals surface area contributed by atoms with Crippen LogP contribution in [0.1, 0.15) is 89.5 Å². The van der Waals surface area contributed by atoms with Crippen LogP contribution in [0.15, 0.2) is 47.4 Å². The van der Waals surface area contributed by atoms with Crippen molar-refractivity contribution in [3.05, 3.63) is 48.0 Å². The van der Waals surface area contributed by atoms with Gasteiger partial charge >= 0.3 is 0 Å². The maximum atomic E-state index is 11.3. The molecule has 2 aromatic carbocycles. The fourth-order valence-corrected chi connectivity index (χ4v) is 4.32. The standard InChI is InChI=1S/C26H38O5S/c1-2-3-4-5-6-7-8-9-10-11-12-13-15-22-18-19-24(21-26(22)27)31-23-16-14-17-25(20-23)32(28,29)30/h14,16-21,27H,2-13,15H2,1H3,(H,28,29,30). The van der Waals surface area contributed by atoms with E-state index in [0.717, 1.165) is 24.8 Å². The maximum absolute atomic E-state index is 11.3. The highest BCUT2D eigenvalue weighted by molar-refractivity contribution is 7.85. The van der Waals surface area contributed by atoms with Gasteiger partial charge < -0.3 is 9.84 Å². The van der Waals surface area contributed by atoms with E-state index in [1.807, 2.05) is 6.07 Å². The Kier molecular flexibility index (Phi) is 11.6. The third-order valence-electron chi connectivity index (χ3n) is 5.70. The molecule has 0 aliphatic carbocycles. The average Bonchev–Trinajstić information content (AvgIpc) is 2.75. The second kappa shape index (κ2) is 14.2. The van der Waals surface area contributed by atoms with Crippen molar-refractivity contribution in [1.29, 1.82) is 0 Å². The van der Waals surface area contributed by atoms with E-state index in [0.29, 0.717) is 5.75 Å². The number of rotatable bonds is 16. The van der Waals surface area contributed by atoms with Crippen LogP contribution in [0.25, 0.3) is 0 Å². The lowest BCUT2D eigenvalue weighted by molar-refractivity contribution is 0.447. The van der Waals surface area contributed by atoms with Gasteiger partial charge in [0.25, 0.3) is 10.1 Å². The van der Waals surface area contributed by atoms with Crippen LogP contribution in [0, 0.1) is 0 Å². The van der Waals surface area contributed by atoms with E-state index >= 15 is 0 Å². The van der Waals surface area contributed by atoms with Gasteiger partial charge in [-0.25, -0.2) is 0 Å². The molecule has 2 aromatic rings. The van der Waals surface area contributed by atoms with Gasteiger partial charge in [0.1, 0.15) is 17.2 Å². The third-order valence-corrected chi connectivity index (χ3v) is 6.55. The van der Waals surface area contributed by atoms with E-state index in [1.54, 1.807) is 12.1 Å². The Morgan fingerprint density at radius 2 is 1.31 bits per heavy atom. The van der Waals surface area contributed by atoms with Gasteiger partial charge in [0.15, 0.2) is 0 Å². The van der Waals surface area contributed by atoms with Crippen molar-refractivity contribution in [1.82, 2.24) is 0 Å². The van der Waals surface area contributed by atoms with Crippen LogP contribution < -0.4 is 4.74 Å². The second-order valence-corrected chi connectivity index (χ2v) is 9.90. The topological polar surface area (TPSA) is 83.8 Å². The highest BCUT2D eigenvalue weighted by atomic mass is 32.2. The summed E-state index contributed by atoms with van der Waals surface area (Å²) >= 11 is 0. The van der Waals surface area contributed by atoms with Gasteiger partial charge in [-0.2, -0.15) is 8.42 Å². The maximum Gasteiger partial charge on any atom is 0.294 e. The summed E-state index contributed by atoms with van der Waals surface area (Å²) < 4.78 is 37.3. The summed E-state index contributed by atoms with van der Waals surface area (Å²) in [6.45, 7) is 2.25. The molecule has 0 aliphatic heterocycles. The summed E-state index contributed by atoms with van der Waals surface area (Å²) in [5.74, 6) is 0.859. The van der Waals surface area contributed by atoms with E-state index in [1.165, 1.54) is 88.5 Å². The Morgan fingerprint density at radius 1 is 0.750 bits per heavy atom. The number of hydrogen-bond acceptors (Lipinski definition) is 4. The molecule has 178 valence electrons. The first-order valence-corrected chi connectivity index (χ1v) is 13.4. The zero-order valence-electron chi connectivity index (χ0n) is 19.3. The molecular weight excluding hydrogens is 424 g/mol. The molecule has 0 saturated heterocycles. The number of benzene rings is 2. The lowest BCUT2D eigenvalue weighted by Gasteiger charge is -2.10. The molecule has 0 aromatic heterocycles. The largest absolute Gasteiger partial charge is 0.508 e. The molecule has 0 amide bonds. The van der Waals surface area contributed by atoms with Gasteiger partial charge in [-0.1, -0.05) is 89.7 Å². The van der Waals surface area contributed by atoms with Crippen LogP contribution in [-0.2, 0) is 16.5 Å². The predicted octanol–water partition coefficient (Wildman–Crippen LogP) is 7.67. The monoisotopic (exact) mass is 462 g/mol. The van der Waals surface area contributed by atoms with Gasteiger partial charge in [-0.3, -0.25) is 4.55 Å². The molecule has 0 atom stereocenters. The molecule has 0 spiro atoms. The van der Waals surface area contributed by atoms with E-state index in [9.17, 15) is 13.5 Å². The fourth-order valence-electron chi connectivity index (χ4n) is 3.81. The van der Waals surface area contributed by atoms with E-state index < -0.39 is 10.1 Å². The summed E-state index contributed by atoms with van der Waals surface area (Å²) in [5.41, 5.74) is 0.885.